The zero-order valence-electron chi connectivity index (χ0n) is 13.4. The van der Waals surface area contributed by atoms with Crippen LogP contribution in [0.5, 0.6) is 5.75 Å². The molecular weight excluding hydrogens is 313 g/mol. The van der Waals surface area contributed by atoms with Crippen molar-refractivity contribution in [2.24, 2.45) is 0 Å². The lowest BCUT2D eigenvalue weighted by Crippen LogP contribution is -2.33. The topological polar surface area (TPSA) is 38.3 Å². The molecule has 0 aliphatic heterocycles. The van der Waals surface area contributed by atoms with Crippen molar-refractivity contribution >= 4 is 17.7 Å². The summed E-state index contributed by atoms with van der Waals surface area (Å²) in [5, 5.41) is 2.72. The first kappa shape index (κ1) is 17.3. The molecule has 2 aromatic carbocycles. The fourth-order valence-corrected chi connectivity index (χ4v) is 2.95. The first-order valence-corrected chi connectivity index (χ1v) is 8.24. The minimum absolute atomic E-state index is 0.0531. The van der Waals surface area contributed by atoms with Gasteiger partial charge in [-0.05, 0) is 55.8 Å². The molecule has 1 N–H and O–H groups in total. The molecule has 3 nitrogen and oxygen atoms in total. The maximum atomic E-state index is 12.9. The predicted octanol–water partition coefficient (Wildman–Crippen LogP) is 4.19. The molecule has 0 aliphatic carbocycles. The van der Waals surface area contributed by atoms with Gasteiger partial charge in [-0.1, -0.05) is 12.1 Å². The zero-order chi connectivity index (χ0) is 16.8. The van der Waals surface area contributed by atoms with Gasteiger partial charge in [-0.15, -0.1) is 11.8 Å². The number of benzene rings is 2. The Bertz CT molecular complexity index is 643. The first-order chi connectivity index (χ1) is 11.0. The maximum Gasteiger partial charge on any atom is 0.233 e. The fourth-order valence-electron chi connectivity index (χ4n) is 2.08. The Balaban J connectivity index is 1.92. The number of amides is 1. The first-order valence-electron chi connectivity index (χ1n) is 7.36. The number of nitrogens with one attached hydrogen (secondary N) is 1. The fraction of sp³-hybridized carbons (Fsp3) is 0.278. The third-order valence-corrected chi connectivity index (χ3v) is 4.58. The van der Waals surface area contributed by atoms with Gasteiger partial charge in [0.05, 0.1) is 18.4 Å². The van der Waals surface area contributed by atoms with E-state index >= 15 is 0 Å². The second-order valence-corrected chi connectivity index (χ2v) is 6.63. The van der Waals surface area contributed by atoms with Crippen molar-refractivity contribution in [3.05, 3.63) is 59.9 Å². The van der Waals surface area contributed by atoms with Crippen molar-refractivity contribution in [2.75, 3.05) is 7.11 Å². The van der Waals surface area contributed by atoms with E-state index in [9.17, 15) is 9.18 Å². The number of hydrogen-bond acceptors (Lipinski definition) is 3. The molecule has 2 atom stereocenters. The zero-order valence-corrected chi connectivity index (χ0v) is 14.2. The highest BCUT2D eigenvalue weighted by molar-refractivity contribution is 8.00. The van der Waals surface area contributed by atoms with E-state index in [1.807, 2.05) is 38.1 Å². The number of carbonyl (C=O) groups excluding carboxylic acids is 1. The molecule has 2 aromatic rings. The summed E-state index contributed by atoms with van der Waals surface area (Å²) in [6.07, 6.45) is 0. The van der Waals surface area contributed by atoms with Crippen LogP contribution in [0.15, 0.2) is 53.4 Å². The molecule has 0 saturated carbocycles. The van der Waals surface area contributed by atoms with Gasteiger partial charge in [0, 0.05) is 4.90 Å². The number of carbonyl (C=O) groups is 1. The highest BCUT2D eigenvalue weighted by Crippen LogP contribution is 2.26. The summed E-state index contributed by atoms with van der Waals surface area (Å²) in [4.78, 5) is 13.3. The average molecular weight is 333 g/mol. The molecule has 0 radical (unpaired) electrons. The summed E-state index contributed by atoms with van der Waals surface area (Å²) >= 11 is 1.48. The quantitative estimate of drug-likeness (QED) is 0.806. The van der Waals surface area contributed by atoms with Crippen molar-refractivity contribution in [3.8, 4) is 5.75 Å². The van der Waals surface area contributed by atoms with Crippen molar-refractivity contribution in [3.63, 3.8) is 0 Å². The molecule has 23 heavy (non-hydrogen) atoms. The smallest absolute Gasteiger partial charge is 0.233 e. The van der Waals surface area contributed by atoms with E-state index in [0.717, 1.165) is 16.2 Å². The van der Waals surface area contributed by atoms with Gasteiger partial charge in [0.2, 0.25) is 5.91 Å². The molecule has 0 unspecified atom stereocenters. The number of methoxy groups -OCH3 is 1. The van der Waals surface area contributed by atoms with Crippen LogP contribution < -0.4 is 10.1 Å². The summed E-state index contributed by atoms with van der Waals surface area (Å²) in [6.45, 7) is 3.75. The summed E-state index contributed by atoms with van der Waals surface area (Å²) < 4.78 is 18.1. The Hall–Kier alpha value is -2.01. The molecular formula is C18H20FNO2S. The Kier molecular flexibility index (Phi) is 6.04. The Morgan fingerprint density at radius 1 is 1.09 bits per heavy atom. The largest absolute Gasteiger partial charge is 0.497 e. The lowest BCUT2D eigenvalue weighted by atomic mass is 10.1. The van der Waals surface area contributed by atoms with Crippen LogP contribution in [0.3, 0.4) is 0 Å². The van der Waals surface area contributed by atoms with Gasteiger partial charge in [0.25, 0.3) is 0 Å². The van der Waals surface area contributed by atoms with Gasteiger partial charge in [-0.3, -0.25) is 4.79 Å². The molecule has 122 valence electrons. The Morgan fingerprint density at radius 2 is 1.70 bits per heavy atom. The third-order valence-electron chi connectivity index (χ3n) is 3.47. The predicted molar refractivity (Wildman–Crippen MR) is 91.3 cm³/mol. The lowest BCUT2D eigenvalue weighted by Gasteiger charge is -2.18. The normalized spacial score (nSPS) is 13.2. The standard InChI is InChI=1S/C18H20FNO2S/c1-12(14-4-6-15(19)7-5-14)20-18(21)13(2)23-17-10-8-16(22-3)9-11-17/h4-13H,1-3H3,(H,20,21)/t12-,13-/m0/s1. The maximum absolute atomic E-state index is 12.9. The van der Waals surface area contributed by atoms with Crippen molar-refractivity contribution < 1.29 is 13.9 Å². The monoisotopic (exact) mass is 333 g/mol. The lowest BCUT2D eigenvalue weighted by molar-refractivity contribution is -0.120. The van der Waals surface area contributed by atoms with E-state index in [-0.39, 0.29) is 23.0 Å². The van der Waals surface area contributed by atoms with E-state index < -0.39 is 0 Å². The highest BCUT2D eigenvalue weighted by Gasteiger charge is 2.17. The van der Waals surface area contributed by atoms with Crippen LogP contribution in [0.1, 0.15) is 25.5 Å². The van der Waals surface area contributed by atoms with Gasteiger partial charge in [0.1, 0.15) is 11.6 Å². The highest BCUT2D eigenvalue weighted by atomic mass is 32.2. The molecule has 5 heteroatoms. The molecule has 0 bridgehead atoms. The molecule has 0 aromatic heterocycles. The molecule has 0 spiro atoms. The number of thioether (sulfide) groups is 1. The van der Waals surface area contributed by atoms with E-state index in [1.165, 1.54) is 23.9 Å². The van der Waals surface area contributed by atoms with Crippen molar-refractivity contribution in [1.82, 2.24) is 5.32 Å². The molecule has 0 saturated heterocycles. The molecule has 1 amide bonds. The summed E-state index contributed by atoms with van der Waals surface area (Å²) in [6, 6.07) is 13.6. The summed E-state index contributed by atoms with van der Waals surface area (Å²) in [5.41, 5.74) is 0.876. The van der Waals surface area contributed by atoms with Gasteiger partial charge in [-0.25, -0.2) is 4.39 Å². The molecule has 0 fully saturated rings. The van der Waals surface area contributed by atoms with Crippen LogP contribution in [0, 0.1) is 5.82 Å². The van der Waals surface area contributed by atoms with Crippen LogP contribution in [-0.4, -0.2) is 18.3 Å². The van der Waals surface area contributed by atoms with Crippen LogP contribution in [0.25, 0.3) is 0 Å². The number of rotatable bonds is 6. The van der Waals surface area contributed by atoms with Gasteiger partial charge in [-0.2, -0.15) is 0 Å². The van der Waals surface area contributed by atoms with Gasteiger partial charge >= 0.3 is 0 Å². The molecule has 0 heterocycles. The van der Waals surface area contributed by atoms with Crippen molar-refractivity contribution in [2.45, 2.75) is 30.0 Å². The van der Waals surface area contributed by atoms with E-state index in [1.54, 1.807) is 19.2 Å². The van der Waals surface area contributed by atoms with Crippen molar-refractivity contribution in [1.29, 1.82) is 0 Å². The van der Waals surface area contributed by atoms with Crippen LogP contribution in [0.2, 0.25) is 0 Å². The van der Waals surface area contributed by atoms with Crippen LogP contribution >= 0.6 is 11.8 Å². The van der Waals surface area contributed by atoms with E-state index in [0.29, 0.717) is 0 Å². The average Bonchev–Trinajstić information content (AvgIpc) is 2.56. The Morgan fingerprint density at radius 3 is 2.26 bits per heavy atom. The minimum atomic E-state index is -0.282. The molecule has 0 aliphatic rings. The second-order valence-electron chi connectivity index (χ2n) is 5.22. The van der Waals surface area contributed by atoms with E-state index in [4.69, 9.17) is 4.74 Å². The number of ether oxygens (including phenoxy) is 1. The van der Waals surface area contributed by atoms with Crippen LogP contribution in [-0.2, 0) is 4.79 Å². The summed E-state index contributed by atoms with van der Waals surface area (Å²) in [5.74, 6) is 0.453. The third kappa shape index (κ3) is 4.99. The number of hydrogen-bond donors (Lipinski definition) is 1. The molecule has 2 rings (SSSR count). The van der Waals surface area contributed by atoms with E-state index in [2.05, 4.69) is 5.32 Å². The SMILES string of the molecule is COc1ccc(S[C@@H](C)C(=O)N[C@@H](C)c2ccc(F)cc2)cc1. The number of halogens is 1. The Labute approximate surface area is 140 Å². The van der Waals surface area contributed by atoms with Gasteiger partial charge in [0.15, 0.2) is 0 Å². The van der Waals surface area contributed by atoms with Crippen LogP contribution in [0.4, 0.5) is 4.39 Å². The minimum Gasteiger partial charge on any atom is -0.497 e. The van der Waals surface area contributed by atoms with Gasteiger partial charge < -0.3 is 10.1 Å². The summed E-state index contributed by atoms with van der Waals surface area (Å²) in [7, 11) is 1.62. The second kappa shape index (κ2) is 8.02.